The van der Waals surface area contributed by atoms with E-state index in [1.165, 1.54) is 76.3 Å². The van der Waals surface area contributed by atoms with Crippen LogP contribution in [0.25, 0.3) is 0 Å². The molecule has 1 aromatic heterocycles. The van der Waals surface area contributed by atoms with Crippen LogP contribution in [-0.2, 0) is 5.41 Å². The van der Waals surface area contributed by atoms with E-state index in [-0.39, 0.29) is 5.41 Å². The average molecular weight is 314 g/mol. The molecule has 2 aliphatic carbocycles. The minimum Gasteiger partial charge on any atom is -0.261 e. The van der Waals surface area contributed by atoms with Crippen molar-refractivity contribution in [2.45, 2.75) is 109 Å². The normalized spacial score (nSPS) is 21.5. The number of rotatable bonds is 4. The molecule has 0 N–H and O–H groups in total. The largest absolute Gasteiger partial charge is 0.261 e. The zero-order chi connectivity index (χ0) is 16.3. The smallest absolute Gasteiger partial charge is 0.0472 e. The fourth-order valence-electron chi connectivity index (χ4n) is 4.79. The van der Waals surface area contributed by atoms with E-state index in [1.54, 1.807) is 11.1 Å². The molecule has 1 heteroatoms. The van der Waals surface area contributed by atoms with Crippen LogP contribution in [0.3, 0.4) is 0 Å². The second-order valence-electron chi connectivity index (χ2n) is 8.56. The minimum absolute atomic E-state index is 0.277. The van der Waals surface area contributed by atoms with Crippen molar-refractivity contribution < 1.29 is 0 Å². The number of hydrogen-bond donors (Lipinski definition) is 0. The van der Waals surface area contributed by atoms with E-state index in [0.717, 1.165) is 11.8 Å². The predicted molar refractivity (Wildman–Crippen MR) is 99.2 cm³/mol. The molecule has 0 unspecified atom stereocenters. The molecule has 0 aliphatic heterocycles. The van der Waals surface area contributed by atoms with Gasteiger partial charge in [0.2, 0.25) is 0 Å². The minimum atomic E-state index is 0.277. The van der Waals surface area contributed by atoms with Gasteiger partial charge in [0.15, 0.2) is 0 Å². The summed E-state index contributed by atoms with van der Waals surface area (Å²) in [5.41, 5.74) is 5.07. The third-order valence-electron chi connectivity index (χ3n) is 6.64. The highest BCUT2D eigenvalue weighted by molar-refractivity contribution is 5.40. The first kappa shape index (κ1) is 17.0. The molecule has 0 bridgehead atoms. The van der Waals surface area contributed by atoms with Crippen molar-refractivity contribution in [3.05, 3.63) is 29.1 Å². The van der Waals surface area contributed by atoms with Gasteiger partial charge in [-0.25, -0.2) is 0 Å². The summed E-state index contributed by atoms with van der Waals surface area (Å²) < 4.78 is 0. The van der Waals surface area contributed by atoms with E-state index >= 15 is 0 Å². The highest BCUT2D eigenvalue weighted by Crippen LogP contribution is 2.44. The molecule has 2 aliphatic rings. The second kappa shape index (κ2) is 7.36. The molecule has 1 nitrogen and oxygen atoms in total. The van der Waals surface area contributed by atoms with Crippen molar-refractivity contribution in [2.24, 2.45) is 0 Å². The van der Waals surface area contributed by atoms with Gasteiger partial charge < -0.3 is 0 Å². The first-order valence-corrected chi connectivity index (χ1v) is 10.1. The van der Waals surface area contributed by atoms with Crippen molar-refractivity contribution in [1.29, 1.82) is 0 Å². The van der Waals surface area contributed by atoms with E-state index in [2.05, 4.69) is 33.0 Å². The van der Waals surface area contributed by atoms with Crippen LogP contribution in [0.5, 0.6) is 0 Å². The molecule has 2 saturated carbocycles. The van der Waals surface area contributed by atoms with Gasteiger partial charge in [-0.3, -0.25) is 4.98 Å². The summed E-state index contributed by atoms with van der Waals surface area (Å²) in [7, 11) is 0. The van der Waals surface area contributed by atoms with E-state index in [9.17, 15) is 0 Å². The topological polar surface area (TPSA) is 12.9 Å². The van der Waals surface area contributed by atoms with Crippen LogP contribution in [0, 0.1) is 0 Å². The second-order valence-corrected chi connectivity index (χ2v) is 8.56. The standard InChI is InChI=1S/C22H35N/c1-4-22(2,3)19-15-16-23-21(18-13-9-6-10-14-18)20(19)17-11-7-5-8-12-17/h15-18H,4-14H2,1-3H3. The molecule has 0 amide bonds. The Morgan fingerprint density at radius 2 is 1.48 bits per heavy atom. The summed E-state index contributed by atoms with van der Waals surface area (Å²) in [5.74, 6) is 1.50. The van der Waals surface area contributed by atoms with Gasteiger partial charge in [-0.15, -0.1) is 0 Å². The Hall–Kier alpha value is -0.850. The monoisotopic (exact) mass is 313 g/mol. The molecular formula is C22H35N. The lowest BCUT2D eigenvalue weighted by atomic mass is 9.71. The van der Waals surface area contributed by atoms with E-state index < -0.39 is 0 Å². The predicted octanol–water partition coefficient (Wildman–Crippen LogP) is 6.86. The summed E-state index contributed by atoms with van der Waals surface area (Å²) >= 11 is 0. The van der Waals surface area contributed by atoms with Crippen LogP contribution in [0.15, 0.2) is 12.3 Å². The number of aromatic nitrogens is 1. The van der Waals surface area contributed by atoms with Gasteiger partial charge in [0.05, 0.1) is 0 Å². The van der Waals surface area contributed by atoms with E-state index in [4.69, 9.17) is 4.98 Å². The fraction of sp³-hybridized carbons (Fsp3) is 0.773. The van der Waals surface area contributed by atoms with Crippen molar-refractivity contribution in [3.8, 4) is 0 Å². The number of pyridine rings is 1. The van der Waals surface area contributed by atoms with E-state index in [1.807, 2.05) is 0 Å². The summed E-state index contributed by atoms with van der Waals surface area (Å²) in [6.45, 7) is 7.20. The molecule has 128 valence electrons. The van der Waals surface area contributed by atoms with Gasteiger partial charge in [0.25, 0.3) is 0 Å². The molecule has 2 fully saturated rings. The van der Waals surface area contributed by atoms with Crippen molar-refractivity contribution >= 4 is 0 Å². The first-order chi connectivity index (χ1) is 11.1. The quantitative estimate of drug-likeness (QED) is 0.591. The third-order valence-corrected chi connectivity index (χ3v) is 6.64. The average Bonchev–Trinajstić information content (AvgIpc) is 2.62. The lowest BCUT2D eigenvalue weighted by Gasteiger charge is -2.35. The number of hydrogen-bond acceptors (Lipinski definition) is 1. The molecule has 0 atom stereocenters. The molecule has 0 aromatic carbocycles. The summed E-state index contributed by atoms with van der Waals surface area (Å²) in [5, 5.41) is 0. The summed E-state index contributed by atoms with van der Waals surface area (Å²) in [4.78, 5) is 4.99. The zero-order valence-corrected chi connectivity index (χ0v) is 15.5. The van der Waals surface area contributed by atoms with Gasteiger partial charge in [-0.2, -0.15) is 0 Å². The zero-order valence-electron chi connectivity index (χ0n) is 15.5. The molecule has 1 heterocycles. The highest BCUT2D eigenvalue weighted by Gasteiger charge is 2.31. The Morgan fingerprint density at radius 3 is 2.04 bits per heavy atom. The van der Waals surface area contributed by atoms with Crippen molar-refractivity contribution in [3.63, 3.8) is 0 Å². The lowest BCUT2D eigenvalue weighted by molar-refractivity contribution is 0.401. The Morgan fingerprint density at radius 1 is 0.913 bits per heavy atom. The van der Waals surface area contributed by atoms with Gasteiger partial charge in [-0.1, -0.05) is 59.3 Å². The van der Waals surface area contributed by atoms with Gasteiger partial charge in [0, 0.05) is 17.8 Å². The van der Waals surface area contributed by atoms with Crippen molar-refractivity contribution in [1.82, 2.24) is 4.98 Å². The maximum Gasteiger partial charge on any atom is 0.0472 e. The maximum atomic E-state index is 4.99. The van der Waals surface area contributed by atoms with Crippen LogP contribution in [-0.4, -0.2) is 4.98 Å². The molecule has 23 heavy (non-hydrogen) atoms. The van der Waals surface area contributed by atoms with Gasteiger partial charge in [0.1, 0.15) is 0 Å². The molecule has 0 radical (unpaired) electrons. The maximum absolute atomic E-state index is 4.99. The summed E-state index contributed by atoms with van der Waals surface area (Å²) in [6.07, 6.45) is 17.3. The fourth-order valence-corrected chi connectivity index (χ4v) is 4.79. The Labute approximate surface area is 143 Å². The Balaban J connectivity index is 2.05. The molecule has 0 saturated heterocycles. The van der Waals surface area contributed by atoms with Crippen LogP contribution < -0.4 is 0 Å². The lowest BCUT2D eigenvalue weighted by Crippen LogP contribution is -2.23. The Kier molecular flexibility index (Phi) is 5.44. The van der Waals surface area contributed by atoms with Crippen molar-refractivity contribution in [2.75, 3.05) is 0 Å². The molecule has 3 rings (SSSR count). The Bertz CT molecular complexity index is 505. The van der Waals surface area contributed by atoms with Crippen LogP contribution in [0.2, 0.25) is 0 Å². The van der Waals surface area contributed by atoms with Crippen LogP contribution in [0.4, 0.5) is 0 Å². The summed E-state index contributed by atoms with van der Waals surface area (Å²) in [6, 6.07) is 2.35. The highest BCUT2D eigenvalue weighted by atomic mass is 14.7. The van der Waals surface area contributed by atoms with E-state index in [0.29, 0.717) is 0 Å². The van der Waals surface area contributed by atoms with Gasteiger partial charge >= 0.3 is 0 Å². The molecule has 1 aromatic rings. The van der Waals surface area contributed by atoms with Crippen LogP contribution >= 0.6 is 0 Å². The third kappa shape index (κ3) is 3.64. The molecular weight excluding hydrogens is 278 g/mol. The van der Waals surface area contributed by atoms with Crippen LogP contribution in [0.1, 0.15) is 120 Å². The molecule has 0 spiro atoms. The first-order valence-electron chi connectivity index (χ1n) is 10.1. The number of nitrogens with zero attached hydrogens (tertiary/aromatic N) is 1. The van der Waals surface area contributed by atoms with Gasteiger partial charge in [-0.05, 0) is 60.6 Å². The SMILES string of the molecule is CCC(C)(C)c1ccnc(C2CCCCC2)c1C1CCCCC1.